The lowest BCUT2D eigenvalue weighted by atomic mass is 10.1. The zero-order valence-electron chi connectivity index (χ0n) is 9.93. The van der Waals surface area contributed by atoms with Gasteiger partial charge in [-0.3, -0.25) is 0 Å². The molecule has 1 saturated heterocycles. The highest BCUT2D eigenvalue weighted by atomic mass is 16.3. The predicted octanol–water partition coefficient (Wildman–Crippen LogP) is 0.717. The molecule has 17 heavy (non-hydrogen) atoms. The van der Waals surface area contributed by atoms with E-state index in [9.17, 15) is 5.11 Å². The summed E-state index contributed by atoms with van der Waals surface area (Å²) < 4.78 is 0. The highest BCUT2D eigenvalue weighted by Gasteiger charge is 2.23. The Hall–Kier alpha value is -1.57. The number of aliphatic hydroxyl groups excluding tert-OH is 1. The Labute approximate surface area is 101 Å². The molecule has 1 aromatic rings. The van der Waals surface area contributed by atoms with Crippen molar-refractivity contribution in [2.75, 3.05) is 24.6 Å². The normalized spacial score (nSPS) is 24.4. The number of hydrogen-bond donors (Lipinski definition) is 2. The molecule has 1 aliphatic heterocycles. The Kier molecular flexibility index (Phi) is 3.62. The molecule has 2 N–H and O–H groups in total. The van der Waals surface area contributed by atoms with Crippen LogP contribution < -0.4 is 10.2 Å². The molecular formula is C13H17N3O. The van der Waals surface area contributed by atoms with Crippen LogP contribution in [-0.4, -0.2) is 36.9 Å². The lowest BCUT2D eigenvalue weighted by molar-refractivity contribution is 0.221. The van der Waals surface area contributed by atoms with E-state index < -0.39 is 0 Å². The molecule has 1 aromatic carbocycles. The quantitative estimate of drug-likeness (QED) is 0.787. The van der Waals surface area contributed by atoms with Gasteiger partial charge in [-0.1, -0.05) is 0 Å². The largest absolute Gasteiger partial charge is 0.395 e. The number of nitrogens with one attached hydrogen (secondary N) is 1. The van der Waals surface area contributed by atoms with Gasteiger partial charge in [-0.25, -0.2) is 0 Å². The molecule has 1 fully saturated rings. The van der Waals surface area contributed by atoms with Crippen molar-refractivity contribution in [3.05, 3.63) is 29.8 Å². The maximum absolute atomic E-state index is 9.22. The van der Waals surface area contributed by atoms with E-state index in [-0.39, 0.29) is 12.6 Å². The third-order valence-corrected chi connectivity index (χ3v) is 3.04. The molecule has 0 radical (unpaired) electrons. The molecule has 2 atom stereocenters. The van der Waals surface area contributed by atoms with Crippen molar-refractivity contribution in [1.29, 1.82) is 5.26 Å². The molecule has 0 aliphatic carbocycles. The molecule has 2 unspecified atom stereocenters. The standard InChI is InChI=1S/C13H17N3O/c1-10-7-16(8-12(9-17)15-10)13-4-2-11(6-14)3-5-13/h2-5,10,12,15,17H,7-9H2,1H3. The van der Waals surface area contributed by atoms with Crippen molar-refractivity contribution in [3.8, 4) is 6.07 Å². The van der Waals surface area contributed by atoms with E-state index in [0.29, 0.717) is 11.6 Å². The van der Waals surface area contributed by atoms with Crippen molar-refractivity contribution in [2.24, 2.45) is 0 Å². The van der Waals surface area contributed by atoms with Crippen molar-refractivity contribution >= 4 is 5.69 Å². The summed E-state index contributed by atoms with van der Waals surface area (Å²) in [6.07, 6.45) is 0. The molecular weight excluding hydrogens is 214 g/mol. The lowest BCUT2D eigenvalue weighted by Gasteiger charge is -2.38. The van der Waals surface area contributed by atoms with Crippen LogP contribution in [0.1, 0.15) is 12.5 Å². The topological polar surface area (TPSA) is 59.3 Å². The zero-order valence-corrected chi connectivity index (χ0v) is 9.93. The minimum atomic E-state index is 0.120. The van der Waals surface area contributed by atoms with Gasteiger partial charge in [-0.15, -0.1) is 0 Å². The van der Waals surface area contributed by atoms with Crippen LogP contribution >= 0.6 is 0 Å². The second-order valence-electron chi connectivity index (χ2n) is 4.51. The van der Waals surface area contributed by atoms with Gasteiger partial charge in [0.1, 0.15) is 0 Å². The van der Waals surface area contributed by atoms with E-state index in [1.165, 1.54) is 0 Å². The number of nitriles is 1. The molecule has 4 nitrogen and oxygen atoms in total. The lowest BCUT2D eigenvalue weighted by Crippen LogP contribution is -2.56. The first kappa shape index (κ1) is 11.9. The number of nitrogens with zero attached hydrogens (tertiary/aromatic N) is 2. The number of anilines is 1. The van der Waals surface area contributed by atoms with Gasteiger partial charge in [0.2, 0.25) is 0 Å². The van der Waals surface area contributed by atoms with Crippen molar-refractivity contribution in [3.63, 3.8) is 0 Å². The van der Waals surface area contributed by atoms with Gasteiger partial charge in [0, 0.05) is 30.9 Å². The van der Waals surface area contributed by atoms with E-state index in [1.54, 1.807) is 0 Å². The molecule has 2 rings (SSSR count). The molecule has 4 heteroatoms. The number of aliphatic hydroxyl groups is 1. The van der Waals surface area contributed by atoms with Crippen LogP contribution in [0.2, 0.25) is 0 Å². The van der Waals surface area contributed by atoms with Gasteiger partial charge in [-0.2, -0.15) is 5.26 Å². The Morgan fingerprint density at radius 3 is 2.71 bits per heavy atom. The number of rotatable bonds is 2. The molecule has 0 spiro atoms. The molecule has 90 valence electrons. The van der Waals surface area contributed by atoms with Gasteiger partial charge in [0.05, 0.1) is 18.2 Å². The first-order valence-corrected chi connectivity index (χ1v) is 5.85. The second-order valence-corrected chi connectivity index (χ2v) is 4.51. The van der Waals surface area contributed by atoms with Gasteiger partial charge >= 0.3 is 0 Å². The van der Waals surface area contributed by atoms with Crippen LogP contribution in [-0.2, 0) is 0 Å². The summed E-state index contributed by atoms with van der Waals surface area (Å²) in [5, 5.41) is 21.3. The summed E-state index contributed by atoms with van der Waals surface area (Å²) in [7, 11) is 0. The highest BCUT2D eigenvalue weighted by Crippen LogP contribution is 2.18. The van der Waals surface area contributed by atoms with Gasteiger partial charge < -0.3 is 15.3 Å². The van der Waals surface area contributed by atoms with Crippen molar-refractivity contribution in [2.45, 2.75) is 19.0 Å². The Balaban J connectivity index is 2.12. The third-order valence-electron chi connectivity index (χ3n) is 3.04. The van der Waals surface area contributed by atoms with Crippen LogP contribution in [0.25, 0.3) is 0 Å². The minimum absolute atomic E-state index is 0.120. The van der Waals surface area contributed by atoms with Gasteiger partial charge in [0.15, 0.2) is 0 Å². The van der Waals surface area contributed by atoms with Crippen LogP contribution in [0.3, 0.4) is 0 Å². The number of benzene rings is 1. The van der Waals surface area contributed by atoms with Crippen LogP contribution in [0.15, 0.2) is 24.3 Å². The van der Waals surface area contributed by atoms with Crippen LogP contribution in [0.5, 0.6) is 0 Å². The Morgan fingerprint density at radius 2 is 2.12 bits per heavy atom. The average molecular weight is 231 g/mol. The SMILES string of the molecule is CC1CN(c2ccc(C#N)cc2)CC(CO)N1. The summed E-state index contributed by atoms with van der Waals surface area (Å²) in [5.41, 5.74) is 1.78. The first-order chi connectivity index (χ1) is 8.22. The van der Waals surface area contributed by atoms with Gasteiger partial charge in [0.25, 0.3) is 0 Å². The molecule has 0 amide bonds. The minimum Gasteiger partial charge on any atom is -0.395 e. The molecule has 1 heterocycles. The summed E-state index contributed by atoms with van der Waals surface area (Å²) >= 11 is 0. The zero-order chi connectivity index (χ0) is 12.3. The summed E-state index contributed by atoms with van der Waals surface area (Å²) in [5.74, 6) is 0. The van der Waals surface area contributed by atoms with Crippen molar-refractivity contribution < 1.29 is 5.11 Å². The molecule has 1 aliphatic rings. The Morgan fingerprint density at radius 1 is 1.41 bits per heavy atom. The van der Waals surface area contributed by atoms with E-state index >= 15 is 0 Å². The average Bonchev–Trinajstić information content (AvgIpc) is 2.38. The second kappa shape index (κ2) is 5.17. The van der Waals surface area contributed by atoms with E-state index in [4.69, 9.17) is 5.26 Å². The van der Waals surface area contributed by atoms with E-state index in [1.807, 2.05) is 24.3 Å². The maximum atomic E-state index is 9.22. The highest BCUT2D eigenvalue weighted by molar-refractivity contribution is 5.50. The molecule has 0 bridgehead atoms. The van der Waals surface area contributed by atoms with Crippen LogP contribution in [0.4, 0.5) is 5.69 Å². The maximum Gasteiger partial charge on any atom is 0.0991 e. The summed E-state index contributed by atoms with van der Waals surface area (Å²) in [4.78, 5) is 2.24. The van der Waals surface area contributed by atoms with Crippen LogP contribution in [0, 0.1) is 11.3 Å². The fraction of sp³-hybridized carbons (Fsp3) is 0.462. The van der Waals surface area contributed by atoms with E-state index in [0.717, 1.165) is 18.8 Å². The molecule has 0 aromatic heterocycles. The monoisotopic (exact) mass is 231 g/mol. The van der Waals surface area contributed by atoms with E-state index in [2.05, 4.69) is 23.2 Å². The predicted molar refractivity (Wildman–Crippen MR) is 66.8 cm³/mol. The number of piperazine rings is 1. The smallest absolute Gasteiger partial charge is 0.0991 e. The summed E-state index contributed by atoms with van der Waals surface area (Å²) in [6, 6.07) is 10.2. The number of hydrogen-bond acceptors (Lipinski definition) is 4. The Bertz CT molecular complexity index is 410. The van der Waals surface area contributed by atoms with Gasteiger partial charge in [-0.05, 0) is 31.2 Å². The fourth-order valence-corrected chi connectivity index (χ4v) is 2.25. The molecule has 0 saturated carbocycles. The third kappa shape index (κ3) is 2.76. The fourth-order valence-electron chi connectivity index (χ4n) is 2.25. The first-order valence-electron chi connectivity index (χ1n) is 5.85. The van der Waals surface area contributed by atoms with Crippen molar-refractivity contribution in [1.82, 2.24) is 5.32 Å². The summed E-state index contributed by atoms with van der Waals surface area (Å²) in [6.45, 7) is 3.98.